The van der Waals surface area contributed by atoms with E-state index in [-0.39, 0.29) is 37.4 Å². The number of aromatic nitrogens is 3. The van der Waals surface area contributed by atoms with Crippen LogP contribution >= 0.6 is 0 Å². The second kappa shape index (κ2) is 8.86. The molecular formula is C23H20F4N4O2. The van der Waals surface area contributed by atoms with E-state index in [9.17, 15) is 23.1 Å². The SMILES string of the molecule is O=C(c1cccnc1-c1ccncn1)N1CCC(F)([C@@H](O)c2ccc(C(F)(F)F)cc2)CC1. The molecular weight excluding hydrogens is 440 g/mol. The van der Waals surface area contributed by atoms with Gasteiger partial charge in [0.2, 0.25) is 0 Å². The molecule has 1 fully saturated rings. The number of halogens is 4. The number of rotatable bonds is 4. The van der Waals surface area contributed by atoms with Crippen molar-refractivity contribution in [1.82, 2.24) is 19.9 Å². The van der Waals surface area contributed by atoms with Crippen molar-refractivity contribution in [1.29, 1.82) is 0 Å². The number of alkyl halides is 4. The number of hydrogen-bond donors (Lipinski definition) is 1. The van der Waals surface area contributed by atoms with Gasteiger partial charge < -0.3 is 10.0 Å². The van der Waals surface area contributed by atoms with E-state index >= 15 is 4.39 Å². The first kappa shape index (κ1) is 22.8. The van der Waals surface area contributed by atoms with Crippen LogP contribution in [0.3, 0.4) is 0 Å². The zero-order valence-corrected chi connectivity index (χ0v) is 17.3. The van der Waals surface area contributed by atoms with Gasteiger partial charge in [-0.15, -0.1) is 0 Å². The molecule has 3 aromatic rings. The van der Waals surface area contributed by atoms with Gasteiger partial charge in [0.05, 0.1) is 16.8 Å². The van der Waals surface area contributed by atoms with Crippen molar-refractivity contribution in [2.24, 2.45) is 0 Å². The molecule has 2 aromatic heterocycles. The number of aliphatic hydroxyl groups excluding tert-OH is 1. The summed E-state index contributed by atoms with van der Waals surface area (Å²) < 4.78 is 53.8. The molecule has 0 bridgehead atoms. The maximum absolute atomic E-state index is 15.5. The van der Waals surface area contributed by atoms with Crippen LogP contribution in [-0.4, -0.2) is 49.6 Å². The summed E-state index contributed by atoms with van der Waals surface area (Å²) in [5.41, 5.74) is -1.71. The normalized spacial score (nSPS) is 16.9. The lowest BCUT2D eigenvalue weighted by Gasteiger charge is -2.39. The van der Waals surface area contributed by atoms with E-state index < -0.39 is 23.5 Å². The molecule has 10 heteroatoms. The monoisotopic (exact) mass is 460 g/mol. The number of benzene rings is 1. The Bertz CT molecular complexity index is 1120. The molecule has 4 rings (SSSR count). The lowest BCUT2D eigenvalue weighted by molar-refractivity contribution is -0.137. The highest BCUT2D eigenvalue weighted by molar-refractivity contribution is 5.99. The van der Waals surface area contributed by atoms with Crippen LogP contribution in [0.5, 0.6) is 0 Å². The largest absolute Gasteiger partial charge is 0.416 e. The molecule has 0 spiro atoms. The van der Waals surface area contributed by atoms with E-state index in [1.807, 2.05) is 0 Å². The Morgan fingerprint density at radius 1 is 1.03 bits per heavy atom. The maximum Gasteiger partial charge on any atom is 0.416 e. The third kappa shape index (κ3) is 4.70. The molecule has 3 heterocycles. The highest BCUT2D eigenvalue weighted by Crippen LogP contribution is 2.40. The molecule has 33 heavy (non-hydrogen) atoms. The zero-order valence-electron chi connectivity index (χ0n) is 17.3. The Balaban J connectivity index is 1.47. The van der Waals surface area contributed by atoms with Crippen LogP contribution in [0, 0.1) is 0 Å². The summed E-state index contributed by atoms with van der Waals surface area (Å²) in [7, 11) is 0. The van der Waals surface area contributed by atoms with Gasteiger partial charge in [-0.1, -0.05) is 12.1 Å². The predicted molar refractivity (Wildman–Crippen MR) is 111 cm³/mol. The first-order valence-electron chi connectivity index (χ1n) is 10.2. The van der Waals surface area contributed by atoms with E-state index in [2.05, 4.69) is 15.0 Å². The topological polar surface area (TPSA) is 79.2 Å². The van der Waals surface area contributed by atoms with E-state index in [0.29, 0.717) is 17.0 Å². The van der Waals surface area contributed by atoms with E-state index in [0.717, 1.165) is 24.3 Å². The van der Waals surface area contributed by atoms with Gasteiger partial charge in [-0.05, 0) is 35.9 Å². The number of hydrogen-bond acceptors (Lipinski definition) is 5. The standard InChI is InChI=1S/C23H20F4N4O2/c24-22(20(32)15-3-5-16(6-4-15)23(25,26)27)8-12-31(13-9-22)21(33)17-2-1-10-29-19(17)18-7-11-28-14-30-18/h1-7,10-11,14,20,32H,8-9,12-13H2/t20-/m0/s1. The lowest BCUT2D eigenvalue weighted by Crippen LogP contribution is -2.47. The van der Waals surface area contributed by atoms with Gasteiger partial charge >= 0.3 is 6.18 Å². The minimum atomic E-state index is -4.51. The van der Waals surface area contributed by atoms with Crippen LogP contribution < -0.4 is 0 Å². The van der Waals surface area contributed by atoms with Gasteiger partial charge in [-0.25, -0.2) is 14.4 Å². The van der Waals surface area contributed by atoms with Crippen LogP contribution in [0.15, 0.2) is 61.2 Å². The van der Waals surface area contributed by atoms with E-state index in [1.165, 1.54) is 23.6 Å². The van der Waals surface area contributed by atoms with Crippen LogP contribution in [0.1, 0.15) is 40.4 Å². The zero-order chi connectivity index (χ0) is 23.6. The predicted octanol–water partition coefficient (Wildman–Crippen LogP) is 4.24. The molecule has 0 saturated carbocycles. The first-order valence-corrected chi connectivity index (χ1v) is 10.2. The van der Waals surface area contributed by atoms with Gasteiger partial charge in [-0.3, -0.25) is 9.78 Å². The summed E-state index contributed by atoms with van der Waals surface area (Å²) in [5, 5.41) is 10.5. The van der Waals surface area contributed by atoms with Crippen LogP contribution in [0.4, 0.5) is 17.6 Å². The highest BCUT2D eigenvalue weighted by Gasteiger charge is 2.43. The smallest absolute Gasteiger partial charge is 0.385 e. The molecule has 1 saturated heterocycles. The number of amides is 1. The number of carbonyl (C=O) groups is 1. The number of aliphatic hydroxyl groups is 1. The average Bonchev–Trinajstić information content (AvgIpc) is 2.84. The maximum atomic E-state index is 15.5. The number of carbonyl (C=O) groups excluding carboxylic acids is 1. The van der Waals surface area contributed by atoms with Gasteiger partial charge in [0.25, 0.3) is 5.91 Å². The Morgan fingerprint density at radius 2 is 1.73 bits per heavy atom. The van der Waals surface area contributed by atoms with Crippen LogP contribution in [-0.2, 0) is 6.18 Å². The van der Waals surface area contributed by atoms with Gasteiger partial charge in [0, 0.05) is 38.3 Å². The van der Waals surface area contributed by atoms with Crippen molar-refractivity contribution in [3.63, 3.8) is 0 Å². The summed E-state index contributed by atoms with van der Waals surface area (Å²) in [4.78, 5) is 26.8. The third-order valence-corrected chi connectivity index (χ3v) is 5.79. The summed E-state index contributed by atoms with van der Waals surface area (Å²) in [6.45, 7) is 0.0657. The Morgan fingerprint density at radius 3 is 2.33 bits per heavy atom. The second-order valence-corrected chi connectivity index (χ2v) is 7.84. The summed E-state index contributed by atoms with van der Waals surface area (Å²) in [6.07, 6.45) is -2.02. The minimum Gasteiger partial charge on any atom is -0.385 e. The fourth-order valence-corrected chi connectivity index (χ4v) is 3.89. The van der Waals surface area contributed by atoms with Crippen molar-refractivity contribution >= 4 is 5.91 Å². The number of likely N-dealkylation sites (tertiary alicyclic amines) is 1. The summed E-state index contributed by atoms with van der Waals surface area (Å²) in [6, 6.07) is 8.65. The van der Waals surface area contributed by atoms with Crippen molar-refractivity contribution in [2.45, 2.75) is 30.8 Å². The van der Waals surface area contributed by atoms with Crippen molar-refractivity contribution in [3.05, 3.63) is 77.9 Å². The summed E-state index contributed by atoms with van der Waals surface area (Å²) in [5.74, 6) is -0.345. The highest BCUT2D eigenvalue weighted by atomic mass is 19.4. The first-order chi connectivity index (χ1) is 15.7. The van der Waals surface area contributed by atoms with E-state index in [4.69, 9.17) is 0 Å². The summed E-state index contributed by atoms with van der Waals surface area (Å²) >= 11 is 0. The quantitative estimate of drug-likeness (QED) is 0.590. The Labute approximate surface area is 186 Å². The molecule has 1 amide bonds. The molecule has 1 atom stereocenters. The van der Waals surface area contributed by atoms with E-state index in [1.54, 1.807) is 18.2 Å². The number of pyridine rings is 1. The molecule has 1 aliphatic heterocycles. The molecule has 6 nitrogen and oxygen atoms in total. The Kier molecular flexibility index (Phi) is 6.11. The molecule has 1 N–H and O–H groups in total. The number of piperidine rings is 1. The third-order valence-electron chi connectivity index (χ3n) is 5.79. The van der Waals surface area contributed by atoms with Crippen LogP contribution in [0.2, 0.25) is 0 Å². The fraction of sp³-hybridized carbons (Fsp3) is 0.304. The molecule has 0 radical (unpaired) electrons. The molecule has 172 valence electrons. The van der Waals surface area contributed by atoms with Crippen molar-refractivity contribution < 1.29 is 27.5 Å². The van der Waals surface area contributed by atoms with Gasteiger partial charge in [0.1, 0.15) is 23.8 Å². The molecule has 0 unspecified atom stereocenters. The Hall–Kier alpha value is -3.40. The minimum absolute atomic E-state index is 0.0329. The van der Waals surface area contributed by atoms with Gasteiger partial charge in [-0.2, -0.15) is 13.2 Å². The lowest BCUT2D eigenvalue weighted by atomic mass is 9.84. The van der Waals surface area contributed by atoms with Crippen molar-refractivity contribution in [2.75, 3.05) is 13.1 Å². The second-order valence-electron chi connectivity index (χ2n) is 7.84. The molecule has 1 aliphatic rings. The van der Waals surface area contributed by atoms with Crippen molar-refractivity contribution in [3.8, 4) is 11.4 Å². The van der Waals surface area contributed by atoms with Crippen LogP contribution in [0.25, 0.3) is 11.4 Å². The number of nitrogens with zero attached hydrogens (tertiary/aromatic N) is 4. The van der Waals surface area contributed by atoms with Gasteiger partial charge in [0.15, 0.2) is 0 Å². The average molecular weight is 460 g/mol. The molecule has 0 aliphatic carbocycles. The molecule has 1 aromatic carbocycles. The fourth-order valence-electron chi connectivity index (χ4n) is 3.89.